The number of rotatable bonds is 5. The highest BCUT2D eigenvalue weighted by molar-refractivity contribution is 7.81. The fourth-order valence-corrected chi connectivity index (χ4v) is 3.00. The average molecular weight is 312 g/mol. The number of hydrogen-bond donors (Lipinski definition) is 2. The van der Waals surface area contributed by atoms with Crippen LogP contribution in [0.4, 0.5) is 0 Å². The van der Waals surface area contributed by atoms with Crippen LogP contribution in [-0.2, 0) is 17.8 Å². The molecule has 19 heavy (non-hydrogen) atoms. The summed E-state index contributed by atoms with van der Waals surface area (Å²) >= 11 is 11.7. The topological polar surface area (TPSA) is 29.1 Å². The van der Waals surface area contributed by atoms with Crippen molar-refractivity contribution in [1.82, 2.24) is 5.32 Å². The largest absolute Gasteiger partial charge is 0.350 e. The van der Waals surface area contributed by atoms with E-state index in [9.17, 15) is 4.79 Å². The average Bonchev–Trinajstić information content (AvgIpc) is 2.83. The van der Waals surface area contributed by atoms with Gasteiger partial charge in [0.1, 0.15) is 0 Å². The van der Waals surface area contributed by atoms with E-state index in [-0.39, 0.29) is 11.2 Å². The second-order valence-electron chi connectivity index (χ2n) is 4.13. The molecule has 0 spiro atoms. The molecule has 1 unspecified atom stereocenters. The fraction of sp³-hybridized carbons (Fsp3) is 0.214. The molecule has 2 nitrogen and oxygen atoms in total. The molecule has 2 aromatic rings. The molecule has 1 heterocycles. The van der Waals surface area contributed by atoms with Crippen molar-refractivity contribution in [2.75, 3.05) is 0 Å². The zero-order valence-corrected chi connectivity index (χ0v) is 12.6. The van der Waals surface area contributed by atoms with Gasteiger partial charge in [0.25, 0.3) is 0 Å². The lowest BCUT2D eigenvalue weighted by Gasteiger charge is -2.11. The van der Waals surface area contributed by atoms with Crippen molar-refractivity contribution in [2.45, 2.75) is 18.2 Å². The molecule has 0 aliphatic heterocycles. The third kappa shape index (κ3) is 4.56. The van der Waals surface area contributed by atoms with Crippen molar-refractivity contribution in [3.8, 4) is 0 Å². The third-order valence-electron chi connectivity index (χ3n) is 2.64. The molecule has 5 heteroatoms. The number of carbonyl (C=O) groups is 1. The maximum absolute atomic E-state index is 11.9. The van der Waals surface area contributed by atoms with Crippen LogP contribution < -0.4 is 5.32 Å². The van der Waals surface area contributed by atoms with E-state index in [2.05, 4.69) is 17.9 Å². The minimum atomic E-state index is -0.335. The van der Waals surface area contributed by atoms with Gasteiger partial charge in [-0.25, -0.2) is 0 Å². The number of thiophene rings is 1. The molecule has 0 saturated heterocycles. The Bertz CT molecular complexity index is 541. The van der Waals surface area contributed by atoms with Crippen LogP contribution in [0.25, 0.3) is 0 Å². The summed E-state index contributed by atoms with van der Waals surface area (Å²) in [5.74, 6) is -0.0586. The second kappa shape index (κ2) is 6.98. The van der Waals surface area contributed by atoms with Gasteiger partial charge >= 0.3 is 0 Å². The summed E-state index contributed by atoms with van der Waals surface area (Å²) in [5, 5.41) is 2.53. The second-order valence-corrected chi connectivity index (χ2v) is 6.55. The van der Waals surface area contributed by atoms with Crippen LogP contribution in [-0.4, -0.2) is 11.2 Å². The van der Waals surface area contributed by atoms with Crippen molar-refractivity contribution in [2.24, 2.45) is 0 Å². The number of carbonyl (C=O) groups excluding carboxylic acids is 1. The van der Waals surface area contributed by atoms with Gasteiger partial charge in [-0.1, -0.05) is 41.9 Å². The van der Waals surface area contributed by atoms with Crippen LogP contribution in [0.15, 0.2) is 42.5 Å². The van der Waals surface area contributed by atoms with Crippen LogP contribution in [0.1, 0.15) is 10.4 Å². The Morgan fingerprint density at radius 3 is 2.63 bits per heavy atom. The molecule has 0 aliphatic rings. The Kier molecular flexibility index (Phi) is 5.31. The predicted octanol–water partition coefficient (Wildman–Crippen LogP) is 3.56. The maximum Gasteiger partial charge on any atom is 0.233 e. The van der Waals surface area contributed by atoms with Crippen LogP contribution in [0.2, 0.25) is 4.34 Å². The van der Waals surface area contributed by atoms with Crippen molar-refractivity contribution in [3.05, 3.63) is 57.2 Å². The summed E-state index contributed by atoms with van der Waals surface area (Å²) < 4.78 is 0.732. The van der Waals surface area contributed by atoms with Gasteiger partial charge in [0.05, 0.1) is 16.1 Å². The number of amides is 1. The SMILES string of the molecule is O=C(NCc1ccc(Cl)s1)C(S)Cc1ccccc1. The predicted molar refractivity (Wildman–Crippen MR) is 84.1 cm³/mol. The molecule has 0 fully saturated rings. The van der Waals surface area contributed by atoms with Crippen LogP contribution in [0.5, 0.6) is 0 Å². The highest BCUT2D eigenvalue weighted by atomic mass is 35.5. The summed E-state index contributed by atoms with van der Waals surface area (Å²) in [7, 11) is 0. The van der Waals surface area contributed by atoms with Crippen LogP contribution in [0, 0.1) is 0 Å². The van der Waals surface area contributed by atoms with E-state index in [0.29, 0.717) is 13.0 Å². The van der Waals surface area contributed by atoms with Gasteiger partial charge in [-0.05, 0) is 24.1 Å². The normalized spacial score (nSPS) is 12.1. The standard InChI is InChI=1S/C14H14ClNOS2/c15-13-7-6-11(19-13)9-16-14(17)12(18)8-10-4-2-1-3-5-10/h1-7,12,18H,8-9H2,(H,16,17). The van der Waals surface area contributed by atoms with Gasteiger partial charge in [0.2, 0.25) is 5.91 Å². The lowest BCUT2D eigenvalue weighted by Crippen LogP contribution is -2.32. The zero-order valence-electron chi connectivity index (χ0n) is 10.2. The fourth-order valence-electron chi connectivity index (χ4n) is 1.67. The molecule has 1 aromatic carbocycles. The minimum Gasteiger partial charge on any atom is -0.350 e. The first-order valence-electron chi connectivity index (χ1n) is 5.89. The van der Waals surface area contributed by atoms with Gasteiger partial charge in [-0.2, -0.15) is 12.6 Å². The Morgan fingerprint density at radius 2 is 2.00 bits per heavy atom. The highest BCUT2D eigenvalue weighted by Crippen LogP contribution is 2.21. The number of benzene rings is 1. The molecule has 1 atom stereocenters. The van der Waals surface area contributed by atoms with Crippen LogP contribution in [0.3, 0.4) is 0 Å². The smallest absolute Gasteiger partial charge is 0.233 e. The highest BCUT2D eigenvalue weighted by Gasteiger charge is 2.14. The number of hydrogen-bond acceptors (Lipinski definition) is 3. The Labute approximate surface area is 127 Å². The minimum absolute atomic E-state index is 0.0586. The lowest BCUT2D eigenvalue weighted by molar-refractivity contribution is -0.120. The molecule has 1 amide bonds. The Morgan fingerprint density at radius 1 is 1.26 bits per heavy atom. The molecule has 0 radical (unpaired) electrons. The molecule has 2 rings (SSSR count). The van der Waals surface area contributed by atoms with Crippen molar-refractivity contribution < 1.29 is 4.79 Å². The van der Waals surface area contributed by atoms with E-state index >= 15 is 0 Å². The van der Waals surface area contributed by atoms with E-state index in [1.54, 1.807) is 0 Å². The molecule has 1 aromatic heterocycles. The van der Waals surface area contributed by atoms with E-state index in [1.165, 1.54) is 11.3 Å². The van der Waals surface area contributed by atoms with E-state index in [4.69, 9.17) is 11.6 Å². The first kappa shape index (κ1) is 14.4. The first-order valence-corrected chi connectivity index (χ1v) is 7.60. The summed E-state index contributed by atoms with van der Waals surface area (Å²) in [4.78, 5) is 13.0. The van der Waals surface area contributed by atoms with Crippen molar-refractivity contribution in [1.29, 1.82) is 0 Å². The molecule has 1 N–H and O–H groups in total. The van der Waals surface area contributed by atoms with Gasteiger partial charge in [0.15, 0.2) is 0 Å². The zero-order chi connectivity index (χ0) is 13.7. The van der Waals surface area contributed by atoms with E-state index in [1.807, 2.05) is 42.5 Å². The summed E-state index contributed by atoms with van der Waals surface area (Å²) in [5.41, 5.74) is 1.11. The van der Waals surface area contributed by atoms with Crippen molar-refractivity contribution >= 4 is 41.5 Å². The molecule has 100 valence electrons. The number of halogens is 1. The van der Waals surface area contributed by atoms with Gasteiger partial charge in [-0.15, -0.1) is 11.3 Å². The number of nitrogens with one attached hydrogen (secondary N) is 1. The van der Waals surface area contributed by atoms with Crippen LogP contribution >= 0.6 is 35.6 Å². The molecular formula is C14H14ClNOS2. The number of thiol groups is 1. The van der Waals surface area contributed by atoms with E-state index in [0.717, 1.165) is 14.8 Å². The van der Waals surface area contributed by atoms with Gasteiger partial charge < -0.3 is 5.32 Å². The monoisotopic (exact) mass is 311 g/mol. The first-order chi connectivity index (χ1) is 9.15. The Hall–Kier alpha value is -0.970. The van der Waals surface area contributed by atoms with Crippen molar-refractivity contribution in [3.63, 3.8) is 0 Å². The molecule has 0 aliphatic carbocycles. The Balaban J connectivity index is 1.82. The molecule has 0 bridgehead atoms. The molecular weight excluding hydrogens is 298 g/mol. The third-order valence-corrected chi connectivity index (χ3v) is 4.29. The summed E-state index contributed by atoms with van der Waals surface area (Å²) in [6.45, 7) is 0.502. The molecule has 0 saturated carbocycles. The van der Waals surface area contributed by atoms with Gasteiger partial charge in [0, 0.05) is 4.88 Å². The van der Waals surface area contributed by atoms with E-state index < -0.39 is 0 Å². The quantitative estimate of drug-likeness (QED) is 0.812. The summed E-state index contributed by atoms with van der Waals surface area (Å²) in [6, 6.07) is 13.6. The maximum atomic E-state index is 11.9. The van der Waals surface area contributed by atoms with Gasteiger partial charge in [-0.3, -0.25) is 4.79 Å². The lowest BCUT2D eigenvalue weighted by atomic mass is 10.1. The summed E-state index contributed by atoms with van der Waals surface area (Å²) in [6.07, 6.45) is 0.626.